The molecule has 3 aromatic rings. The average molecular weight is 373 g/mol. The summed E-state index contributed by atoms with van der Waals surface area (Å²) in [4.78, 5) is 16.4. The average Bonchev–Trinajstić information content (AvgIpc) is 2.64. The first-order chi connectivity index (χ1) is 12.5. The topological polar surface area (TPSA) is 42.0 Å². The van der Waals surface area contributed by atoms with Gasteiger partial charge in [0.25, 0.3) is 5.91 Å². The van der Waals surface area contributed by atoms with Crippen LogP contribution in [0, 0.1) is 11.6 Å². The van der Waals surface area contributed by atoms with Gasteiger partial charge in [-0.05, 0) is 60.0 Å². The van der Waals surface area contributed by atoms with Gasteiger partial charge in [-0.25, -0.2) is 8.78 Å². The van der Waals surface area contributed by atoms with Gasteiger partial charge in [0.2, 0.25) is 0 Å². The molecule has 0 radical (unpaired) electrons. The van der Waals surface area contributed by atoms with Crippen LogP contribution in [0.1, 0.15) is 28.9 Å². The monoisotopic (exact) mass is 372 g/mol. The van der Waals surface area contributed by atoms with Crippen LogP contribution in [-0.2, 0) is 0 Å². The van der Waals surface area contributed by atoms with E-state index in [0.29, 0.717) is 16.1 Å². The van der Waals surface area contributed by atoms with Gasteiger partial charge in [0.1, 0.15) is 0 Å². The van der Waals surface area contributed by atoms with Crippen LogP contribution < -0.4 is 5.32 Å². The molecule has 0 saturated carbocycles. The van der Waals surface area contributed by atoms with Gasteiger partial charge in [-0.1, -0.05) is 23.7 Å². The summed E-state index contributed by atoms with van der Waals surface area (Å²) in [5.74, 6) is -2.28. The van der Waals surface area contributed by atoms with Crippen LogP contribution in [0.4, 0.5) is 8.78 Å². The minimum atomic E-state index is -0.955. The number of benzene rings is 2. The Morgan fingerprint density at radius 3 is 2.38 bits per heavy atom. The summed E-state index contributed by atoms with van der Waals surface area (Å²) in [7, 11) is 0. The maximum atomic E-state index is 13.4. The molecule has 0 bridgehead atoms. The van der Waals surface area contributed by atoms with Gasteiger partial charge in [0, 0.05) is 12.4 Å². The molecule has 0 fully saturated rings. The molecule has 0 saturated heterocycles. The molecule has 6 heteroatoms. The number of carbonyl (C=O) groups excluding carboxylic acids is 1. The molecule has 0 aliphatic rings. The van der Waals surface area contributed by atoms with Gasteiger partial charge in [-0.15, -0.1) is 0 Å². The highest BCUT2D eigenvalue weighted by Crippen LogP contribution is 2.26. The van der Waals surface area contributed by atoms with Crippen LogP contribution in [0.15, 0.2) is 60.9 Å². The van der Waals surface area contributed by atoms with Crippen molar-refractivity contribution in [1.82, 2.24) is 10.3 Å². The third-order valence-corrected chi connectivity index (χ3v) is 4.33. The van der Waals surface area contributed by atoms with Crippen LogP contribution in [0.3, 0.4) is 0 Å². The molecule has 3 rings (SSSR count). The van der Waals surface area contributed by atoms with E-state index in [1.54, 1.807) is 37.5 Å². The van der Waals surface area contributed by atoms with E-state index in [0.717, 1.165) is 23.3 Å². The highest BCUT2D eigenvalue weighted by Gasteiger charge is 2.16. The van der Waals surface area contributed by atoms with Crippen LogP contribution >= 0.6 is 11.6 Å². The lowest BCUT2D eigenvalue weighted by Gasteiger charge is -2.15. The zero-order chi connectivity index (χ0) is 18.7. The van der Waals surface area contributed by atoms with Crippen LogP contribution in [0.25, 0.3) is 11.1 Å². The van der Waals surface area contributed by atoms with Gasteiger partial charge in [-0.2, -0.15) is 0 Å². The van der Waals surface area contributed by atoms with Crippen molar-refractivity contribution in [3.63, 3.8) is 0 Å². The summed E-state index contributed by atoms with van der Waals surface area (Å²) in [6.07, 6.45) is 3.35. The molecule has 3 nitrogen and oxygen atoms in total. The third kappa shape index (κ3) is 3.89. The van der Waals surface area contributed by atoms with E-state index in [4.69, 9.17) is 11.6 Å². The number of nitrogens with zero attached hydrogens (tertiary/aromatic N) is 1. The zero-order valence-corrected chi connectivity index (χ0v) is 14.6. The molecule has 1 aromatic heterocycles. The SMILES string of the molecule is C[C@H](NC(=O)c1ccc(-c2ccncc2)cc1Cl)c1ccc(F)c(F)c1. The Labute approximate surface area is 154 Å². The van der Waals surface area contributed by atoms with Crippen molar-refractivity contribution in [1.29, 1.82) is 0 Å². The molecule has 0 spiro atoms. The van der Waals surface area contributed by atoms with Crippen molar-refractivity contribution in [2.75, 3.05) is 0 Å². The number of aromatic nitrogens is 1. The molecule has 1 atom stereocenters. The Morgan fingerprint density at radius 2 is 1.73 bits per heavy atom. The summed E-state index contributed by atoms with van der Waals surface area (Å²) >= 11 is 6.26. The van der Waals surface area contributed by atoms with E-state index in [-0.39, 0.29) is 0 Å². The number of amides is 1. The van der Waals surface area contributed by atoms with E-state index in [1.165, 1.54) is 6.07 Å². The lowest BCUT2D eigenvalue weighted by atomic mass is 10.0. The van der Waals surface area contributed by atoms with Crippen molar-refractivity contribution >= 4 is 17.5 Å². The first kappa shape index (κ1) is 18.0. The molecular weight excluding hydrogens is 358 g/mol. The fourth-order valence-corrected chi connectivity index (χ4v) is 2.83. The Morgan fingerprint density at radius 1 is 1.00 bits per heavy atom. The van der Waals surface area contributed by atoms with E-state index < -0.39 is 23.6 Å². The first-order valence-corrected chi connectivity index (χ1v) is 8.29. The normalized spacial score (nSPS) is 11.8. The number of hydrogen-bond donors (Lipinski definition) is 1. The Hall–Kier alpha value is -2.79. The number of halogens is 3. The van der Waals surface area contributed by atoms with Gasteiger partial charge in [0.15, 0.2) is 11.6 Å². The second-order valence-corrected chi connectivity index (χ2v) is 6.21. The summed E-state index contributed by atoms with van der Waals surface area (Å²) < 4.78 is 26.4. The van der Waals surface area contributed by atoms with Gasteiger partial charge in [0.05, 0.1) is 16.6 Å². The second-order valence-electron chi connectivity index (χ2n) is 5.80. The van der Waals surface area contributed by atoms with Gasteiger partial charge < -0.3 is 5.32 Å². The fraction of sp³-hybridized carbons (Fsp3) is 0.100. The van der Waals surface area contributed by atoms with Crippen molar-refractivity contribution in [2.24, 2.45) is 0 Å². The van der Waals surface area contributed by atoms with E-state index in [1.807, 2.05) is 12.1 Å². The lowest BCUT2D eigenvalue weighted by molar-refractivity contribution is 0.0940. The van der Waals surface area contributed by atoms with Gasteiger partial charge >= 0.3 is 0 Å². The third-order valence-electron chi connectivity index (χ3n) is 4.02. The number of pyridine rings is 1. The van der Waals surface area contributed by atoms with E-state index in [2.05, 4.69) is 10.3 Å². The van der Waals surface area contributed by atoms with E-state index in [9.17, 15) is 13.6 Å². The van der Waals surface area contributed by atoms with Crippen molar-refractivity contribution in [2.45, 2.75) is 13.0 Å². The molecule has 132 valence electrons. The first-order valence-electron chi connectivity index (χ1n) is 7.91. The summed E-state index contributed by atoms with van der Waals surface area (Å²) in [6, 6.07) is 11.8. The van der Waals surface area contributed by atoms with Crippen molar-refractivity contribution < 1.29 is 13.6 Å². The molecule has 0 aliphatic carbocycles. The molecule has 0 unspecified atom stereocenters. The molecule has 1 amide bonds. The molecule has 1 heterocycles. The van der Waals surface area contributed by atoms with Gasteiger partial charge in [-0.3, -0.25) is 9.78 Å². The summed E-state index contributed by atoms with van der Waals surface area (Å²) in [5, 5.41) is 3.04. The second kappa shape index (κ2) is 7.62. The molecule has 2 aromatic carbocycles. The standard InChI is InChI=1S/C20H15ClF2N2O/c1-12(14-3-5-18(22)19(23)11-14)25-20(26)16-4-2-15(10-17(16)21)13-6-8-24-9-7-13/h2-12H,1H3,(H,25,26)/t12-/m0/s1. The Kier molecular flexibility index (Phi) is 5.28. The molecular formula is C20H15ClF2N2O. The van der Waals surface area contributed by atoms with Crippen LogP contribution in [0.2, 0.25) is 5.02 Å². The summed E-state index contributed by atoms with van der Waals surface area (Å²) in [6.45, 7) is 1.68. The smallest absolute Gasteiger partial charge is 0.253 e. The largest absolute Gasteiger partial charge is 0.345 e. The predicted molar refractivity (Wildman–Crippen MR) is 96.9 cm³/mol. The molecule has 26 heavy (non-hydrogen) atoms. The van der Waals surface area contributed by atoms with Crippen LogP contribution in [-0.4, -0.2) is 10.9 Å². The molecule has 0 aliphatic heterocycles. The summed E-state index contributed by atoms with van der Waals surface area (Å²) in [5.41, 5.74) is 2.56. The quantitative estimate of drug-likeness (QED) is 0.686. The zero-order valence-electron chi connectivity index (χ0n) is 13.8. The minimum absolute atomic E-state index is 0.300. The van der Waals surface area contributed by atoms with Crippen molar-refractivity contribution in [3.05, 3.63) is 88.7 Å². The van der Waals surface area contributed by atoms with Crippen molar-refractivity contribution in [3.8, 4) is 11.1 Å². The predicted octanol–water partition coefficient (Wildman–Crippen LogP) is 5.17. The highest BCUT2D eigenvalue weighted by atomic mass is 35.5. The number of hydrogen-bond acceptors (Lipinski definition) is 2. The Bertz CT molecular complexity index is 948. The number of carbonyl (C=O) groups is 1. The lowest BCUT2D eigenvalue weighted by Crippen LogP contribution is -2.27. The maximum Gasteiger partial charge on any atom is 0.253 e. The number of nitrogens with one attached hydrogen (secondary N) is 1. The molecule has 1 N–H and O–H groups in total. The van der Waals surface area contributed by atoms with Crippen LogP contribution in [0.5, 0.6) is 0 Å². The number of rotatable bonds is 4. The highest BCUT2D eigenvalue weighted by molar-refractivity contribution is 6.34. The maximum absolute atomic E-state index is 13.4. The minimum Gasteiger partial charge on any atom is -0.345 e. The van der Waals surface area contributed by atoms with E-state index >= 15 is 0 Å². The fourth-order valence-electron chi connectivity index (χ4n) is 2.56. The Balaban J connectivity index is 1.78.